The molecule has 0 unspecified atom stereocenters. The highest BCUT2D eigenvalue weighted by molar-refractivity contribution is 6.11. The van der Waals surface area contributed by atoms with Gasteiger partial charge in [-0.15, -0.1) is 0 Å². The zero-order valence-corrected chi connectivity index (χ0v) is 40.5. The average Bonchev–Trinajstić information content (AvgIpc) is 4.02. The molecule has 0 radical (unpaired) electrons. The molecular formula is C66H58N2. The second-order valence-corrected chi connectivity index (χ2v) is 20.9. The molecule has 2 aliphatic carbocycles. The van der Waals surface area contributed by atoms with Crippen LogP contribution in [-0.4, -0.2) is 9.13 Å². The van der Waals surface area contributed by atoms with E-state index in [0.717, 1.165) is 0 Å². The van der Waals surface area contributed by atoms with Gasteiger partial charge in [-0.1, -0.05) is 189 Å². The van der Waals surface area contributed by atoms with Crippen LogP contribution in [0.25, 0.3) is 88.4 Å². The number of aromatic nitrogens is 2. The van der Waals surface area contributed by atoms with Crippen LogP contribution >= 0.6 is 0 Å². The summed E-state index contributed by atoms with van der Waals surface area (Å²) >= 11 is 0. The lowest BCUT2D eigenvalue weighted by atomic mass is 9.80. The Labute approximate surface area is 401 Å². The van der Waals surface area contributed by atoms with E-state index in [1.165, 1.54) is 122 Å². The van der Waals surface area contributed by atoms with Crippen molar-refractivity contribution in [1.29, 1.82) is 0 Å². The van der Waals surface area contributed by atoms with Crippen molar-refractivity contribution in [2.75, 3.05) is 0 Å². The fourth-order valence-corrected chi connectivity index (χ4v) is 11.7. The largest absolute Gasteiger partial charge is 0.309 e. The number of rotatable bonds is 5. The molecule has 0 aliphatic heterocycles. The molecule has 0 spiro atoms. The Morgan fingerprint density at radius 2 is 0.691 bits per heavy atom. The molecule has 0 atom stereocenters. The lowest BCUT2D eigenvalue weighted by Crippen LogP contribution is -2.15. The lowest BCUT2D eigenvalue weighted by Gasteiger charge is -2.23. The molecule has 0 fully saturated rings. The molecule has 2 heterocycles. The standard InChI is InChI=1S/C36H31N.C30H27N/c1-23(2)24-14-17-28-29-18-15-26(22-33(29)36(3,4)32(28)21-24)25-16-19-35-31(20-25)30-12-8-9-13-34(30)37(35)27-10-6-5-7-11-27;1-19(2)20-13-15-22-23-16-14-21(18-27(23)30(3,4)26(22)17-20)31-28-11-7-5-9-24(28)25-10-6-8-12-29(25)31/h5-23H,1-4H3;5-19H,1-4H3. The molecule has 11 aromatic rings. The third-order valence-electron chi connectivity index (χ3n) is 15.6. The summed E-state index contributed by atoms with van der Waals surface area (Å²) in [6, 6.07) is 72.1. The highest BCUT2D eigenvalue weighted by atomic mass is 15.0. The fraction of sp³-hybridized carbons (Fsp3) is 0.182. The molecule has 13 rings (SSSR count). The van der Waals surface area contributed by atoms with Crippen LogP contribution < -0.4 is 0 Å². The molecule has 9 aromatic carbocycles. The van der Waals surface area contributed by atoms with Crippen LogP contribution in [0.15, 0.2) is 194 Å². The van der Waals surface area contributed by atoms with E-state index in [4.69, 9.17) is 0 Å². The van der Waals surface area contributed by atoms with Gasteiger partial charge in [0, 0.05) is 43.7 Å². The van der Waals surface area contributed by atoms with Crippen LogP contribution in [0.4, 0.5) is 0 Å². The van der Waals surface area contributed by atoms with Crippen LogP contribution in [-0.2, 0) is 10.8 Å². The molecular weight excluding hydrogens is 821 g/mol. The van der Waals surface area contributed by atoms with E-state index in [0.29, 0.717) is 11.8 Å². The second kappa shape index (κ2) is 15.6. The van der Waals surface area contributed by atoms with E-state index in [1.54, 1.807) is 0 Å². The molecule has 68 heavy (non-hydrogen) atoms. The first-order valence-electron chi connectivity index (χ1n) is 24.6. The number of para-hydroxylation sites is 4. The smallest absolute Gasteiger partial charge is 0.0541 e. The van der Waals surface area contributed by atoms with Gasteiger partial charge in [-0.05, 0) is 139 Å². The average molecular weight is 879 g/mol. The summed E-state index contributed by atoms with van der Waals surface area (Å²) in [5, 5.41) is 5.20. The van der Waals surface area contributed by atoms with Gasteiger partial charge in [0.1, 0.15) is 0 Å². The molecule has 2 aliphatic rings. The molecule has 2 aromatic heterocycles. The Kier molecular flexibility index (Phi) is 9.61. The van der Waals surface area contributed by atoms with Gasteiger partial charge < -0.3 is 9.13 Å². The SMILES string of the molecule is CC(C)c1ccc2c(c1)C(C)(C)c1cc(-c3ccc4c(c3)c3ccccc3n4-c3ccccc3)ccc1-2.CC(C)c1ccc2c(c1)C(C)(C)c1cc(-n3c4ccccc4c4ccccc43)ccc1-2. The molecule has 0 amide bonds. The summed E-state index contributed by atoms with van der Waals surface area (Å²) in [5.41, 5.74) is 24.1. The van der Waals surface area contributed by atoms with Crippen molar-refractivity contribution in [2.45, 2.75) is 78.1 Å². The molecule has 2 heteroatoms. The summed E-state index contributed by atoms with van der Waals surface area (Å²) in [6.07, 6.45) is 0. The minimum absolute atomic E-state index is 0.00959. The van der Waals surface area contributed by atoms with E-state index in [2.05, 4.69) is 259 Å². The zero-order valence-electron chi connectivity index (χ0n) is 40.5. The Bertz CT molecular complexity index is 3740. The van der Waals surface area contributed by atoms with E-state index in [-0.39, 0.29) is 10.8 Å². The first-order valence-corrected chi connectivity index (χ1v) is 24.6. The molecule has 0 bridgehead atoms. The van der Waals surface area contributed by atoms with Crippen LogP contribution in [0.3, 0.4) is 0 Å². The molecule has 2 nitrogen and oxygen atoms in total. The Hall–Kier alpha value is -7.42. The minimum Gasteiger partial charge on any atom is -0.309 e. The number of hydrogen-bond donors (Lipinski definition) is 0. The van der Waals surface area contributed by atoms with Crippen molar-refractivity contribution in [1.82, 2.24) is 9.13 Å². The van der Waals surface area contributed by atoms with Crippen LogP contribution in [0.5, 0.6) is 0 Å². The van der Waals surface area contributed by atoms with Crippen molar-refractivity contribution < 1.29 is 0 Å². The van der Waals surface area contributed by atoms with Gasteiger partial charge in [-0.3, -0.25) is 0 Å². The van der Waals surface area contributed by atoms with E-state index in [1.807, 2.05) is 0 Å². The Morgan fingerprint density at radius 3 is 1.22 bits per heavy atom. The van der Waals surface area contributed by atoms with E-state index in [9.17, 15) is 0 Å². The van der Waals surface area contributed by atoms with Crippen molar-refractivity contribution in [3.05, 3.63) is 228 Å². The normalized spacial score (nSPS) is 14.1. The van der Waals surface area contributed by atoms with Crippen molar-refractivity contribution in [2.24, 2.45) is 0 Å². The zero-order chi connectivity index (χ0) is 46.6. The first-order chi connectivity index (χ1) is 32.9. The van der Waals surface area contributed by atoms with E-state index >= 15 is 0 Å². The topological polar surface area (TPSA) is 9.86 Å². The molecule has 0 saturated carbocycles. The predicted octanol–water partition coefficient (Wildman–Crippen LogP) is 18.1. The van der Waals surface area contributed by atoms with Gasteiger partial charge in [-0.2, -0.15) is 0 Å². The Balaban J connectivity index is 0.000000143. The second-order valence-electron chi connectivity index (χ2n) is 20.9. The molecule has 0 N–H and O–H groups in total. The van der Waals surface area contributed by atoms with Gasteiger partial charge >= 0.3 is 0 Å². The number of hydrogen-bond acceptors (Lipinski definition) is 0. The molecule has 0 saturated heterocycles. The summed E-state index contributed by atoms with van der Waals surface area (Å²) < 4.78 is 4.80. The Morgan fingerprint density at radius 1 is 0.309 bits per heavy atom. The van der Waals surface area contributed by atoms with Gasteiger partial charge in [0.05, 0.1) is 22.1 Å². The fourth-order valence-electron chi connectivity index (χ4n) is 11.7. The maximum Gasteiger partial charge on any atom is 0.0541 e. The summed E-state index contributed by atoms with van der Waals surface area (Å²) in [4.78, 5) is 0. The number of benzene rings is 9. The van der Waals surface area contributed by atoms with Crippen molar-refractivity contribution in [3.8, 4) is 44.8 Å². The van der Waals surface area contributed by atoms with Crippen molar-refractivity contribution in [3.63, 3.8) is 0 Å². The van der Waals surface area contributed by atoms with E-state index < -0.39 is 0 Å². The maximum absolute atomic E-state index is 2.43. The highest BCUT2D eigenvalue weighted by Gasteiger charge is 2.37. The van der Waals surface area contributed by atoms with Gasteiger partial charge in [-0.25, -0.2) is 0 Å². The quantitative estimate of drug-likeness (QED) is 0.163. The number of fused-ring (bicyclic) bond motifs is 12. The van der Waals surface area contributed by atoms with Crippen molar-refractivity contribution >= 4 is 43.6 Å². The van der Waals surface area contributed by atoms with Gasteiger partial charge in [0.15, 0.2) is 0 Å². The van der Waals surface area contributed by atoms with Gasteiger partial charge in [0.2, 0.25) is 0 Å². The number of nitrogens with zero attached hydrogens (tertiary/aromatic N) is 2. The minimum atomic E-state index is -0.0149. The maximum atomic E-state index is 2.43. The van der Waals surface area contributed by atoms with Gasteiger partial charge in [0.25, 0.3) is 0 Å². The third-order valence-corrected chi connectivity index (χ3v) is 15.6. The van der Waals surface area contributed by atoms with Crippen LogP contribution in [0.2, 0.25) is 0 Å². The highest BCUT2D eigenvalue weighted by Crippen LogP contribution is 2.52. The molecule has 332 valence electrons. The third kappa shape index (κ3) is 6.37. The van der Waals surface area contributed by atoms with Crippen LogP contribution in [0, 0.1) is 0 Å². The monoisotopic (exact) mass is 878 g/mol. The lowest BCUT2D eigenvalue weighted by molar-refractivity contribution is 0.657. The predicted molar refractivity (Wildman–Crippen MR) is 290 cm³/mol. The summed E-state index contributed by atoms with van der Waals surface area (Å²) in [7, 11) is 0. The first kappa shape index (κ1) is 42.0. The summed E-state index contributed by atoms with van der Waals surface area (Å²) in [6.45, 7) is 18.6. The summed E-state index contributed by atoms with van der Waals surface area (Å²) in [5.74, 6) is 1.07. The van der Waals surface area contributed by atoms with Crippen LogP contribution in [0.1, 0.15) is 101 Å².